The highest BCUT2D eigenvalue weighted by atomic mass is 16.6. The summed E-state index contributed by atoms with van der Waals surface area (Å²) in [5, 5.41) is 0. The van der Waals surface area contributed by atoms with Crippen LogP contribution < -0.4 is 0 Å². The molecule has 3 rings (SSSR count). The summed E-state index contributed by atoms with van der Waals surface area (Å²) in [4.78, 5) is 43.4. The first-order valence-electron chi connectivity index (χ1n) is 15.0. The lowest BCUT2D eigenvalue weighted by molar-refractivity contribution is -0.147. The largest absolute Gasteiger partial charge is 0.467 e. The van der Waals surface area contributed by atoms with Crippen LogP contribution in [0.25, 0.3) is 0 Å². The Morgan fingerprint density at radius 1 is 1.02 bits per heavy atom. The molecule has 2 aromatic carbocycles. The smallest absolute Gasteiger partial charge is 0.412 e. The standard InChI is InChI=1S/C34H48N2O7/c1-24(2)21-28(30(37)40-8)35(31(38)41-22-25-15-11-9-12-16-25)20-19-27(26-17-13-10-14-18-26)29-23-42-34(6,7)36(29)32(39)43-33(3,4)5/h9-18,24,27-29H,19-23H2,1-8H3/t27-,28-,29+/m0/s1. The highest BCUT2D eigenvalue weighted by molar-refractivity contribution is 5.81. The average molecular weight is 597 g/mol. The molecule has 2 aromatic rings. The van der Waals surface area contributed by atoms with E-state index in [-0.39, 0.29) is 37.6 Å². The Morgan fingerprint density at radius 3 is 2.19 bits per heavy atom. The molecule has 0 aromatic heterocycles. The van der Waals surface area contributed by atoms with E-state index in [0.717, 1.165) is 11.1 Å². The number of carbonyl (C=O) groups is 3. The molecule has 9 nitrogen and oxygen atoms in total. The number of rotatable bonds is 11. The van der Waals surface area contributed by atoms with E-state index in [4.69, 9.17) is 18.9 Å². The summed E-state index contributed by atoms with van der Waals surface area (Å²) in [5.74, 6) is -0.621. The molecule has 9 heteroatoms. The minimum Gasteiger partial charge on any atom is -0.467 e. The summed E-state index contributed by atoms with van der Waals surface area (Å²) in [5.41, 5.74) is 0.237. The van der Waals surface area contributed by atoms with Crippen molar-refractivity contribution in [2.45, 2.75) is 97.2 Å². The van der Waals surface area contributed by atoms with Crippen LogP contribution >= 0.6 is 0 Å². The maximum atomic E-state index is 13.6. The van der Waals surface area contributed by atoms with E-state index < -0.39 is 35.5 Å². The number of nitrogens with zero attached hydrogens (tertiary/aromatic N) is 2. The molecule has 0 N–H and O–H groups in total. The Bertz CT molecular complexity index is 1190. The van der Waals surface area contributed by atoms with Gasteiger partial charge >= 0.3 is 18.2 Å². The number of esters is 1. The lowest BCUT2D eigenvalue weighted by Gasteiger charge is -2.38. The number of hydrogen-bond acceptors (Lipinski definition) is 7. The highest BCUT2D eigenvalue weighted by Crippen LogP contribution is 2.38. The number of hydrogen-bond donors (Lipinski definition) is 0. The van der Waals surface area contributed by atoms with Gasteiger partial charge in [0.05, 0.1) is 19.8 Å². The molecule has 43 heavy (non-hydrogen) atoms. The average Bonchev–Trinajstić information content (AvgIpc) is 3.27. The Balaban J connectivity index is 1.95. The van der Waals surface area contributed by atoms with E-state index in [1.54, 1.807) is 4.90 Å². The summed E-state index contributed by atoms with van der Waals surface area (Å²) in [7, 11) is 1.33. The van der Waals surface area contributed by atoms with Gasteiger partial charge in [0.25, 0.3) is 0 Å². The number of benzene rings is 2. The van der Waals surface area contributed by atoms with Crippen LogP contribution in [0.2, 0.25) is 0 Å². The van der Waals surface area contributed by atoms with Crippen LogP contribution in [0.5, 0.6) is 0 Å². The van der Waals surface area contributed by atoms with Gasteiger partial charge < -0.3 is 18.9 Å². The molecule has 0 bridgehead atoms. The Kier molecular flexibility index (Phi) is 11.6. The van der Waals surface area contributed by atoms with Gasteiger partial charge in [-0.1, -0.05) is 74.5 Å². The van der Waals surface area contributed by atoms with E-state index in [9.17, 15) is 14.4 Å². The fraction of sp³-hybridized carbons (Fsp3) is 0.559. The van der Waals surface area contributed by atoms with Gasteiger partial charge in [-0.3, -0.25) is 9.80 Å². The van der Waals surface area contributed by atoms with Crippen molar-refractivity contribution in [1.29, 1.82) is 0 Å². The Hall–Kier alpha value is -3.59. The fourth-order valence-electron chi connectivity index (χ4n) is 5.46. The van der Waals surface area contributed by atoms with Gasteiger partial charge in [-0.05, 0) is 64.5 Å². The molecule has 1 fully saturated rings. The molecule has 0 saturated carbocycles. The molecule has 1 aliphatic heterocycles. The molecule has 1 aliphatic rings. The maximum Gasteiger partial charge on any atom is 0.412 e. The molecule has 3 atom stereocenters. The number of ether oxygens (including phenoxy) is 4. The lowest BCUT2D eigenvalue weighted by atomic mass is 9.87. The van der Waals surface area contributed by atoms with Crippen LogP contribution in [-0.4, -0.2) is 71.6 Å². The summed E-state index contributed by atoms with van der Waals surface area (Å²) in [6.45, 7) is 13.7. The van der Waals surface area contributed by atoms with Crippen LogP contribution in [0, 0.1) is 5.92 Å². The first-order valence-corrected chi connectivity index (χ1v) is 15.0. The van der Waals surface area contributed by atoms with Gasteiger partial charge in [0.15, 0.2) is 0 Å². The van der Waals surface area contributed by atoms with Crippen LogP contribution in [0.1, 0.15) is 78.4 Å². The van der Waals surface area contributed by atoms with Crippen molar-refractivity contribution in [3.63, 3.8) is 0 Å². The van der Waals surface area contributed by atoms with Crippen LogP contribution in [-0.2, 0) is 30.3 Å². The Labute approximate surface area is 256 Å². The molecule has 236 valence electrons. The number of carbonyl (C=O) groups excluding carboxylic acids is 3. The molecular weight excluding hydrogens is 548 g/mol. The summed E-state index contributed by atoms with van der Waals surface area (Å²) >= 11 is 0. The third-order valence-corrected chi connectivity index (χ3v) is 7.47. The van der Waals surface area contributed by atoms with Gasteiger partial charge in [-0.15, -0.1) is 0 Å². The zero-order valence-corrected chi connectivity index (χ0v) is 26.9. The van der Waals surface area contributed by atoms with Crippen molar-refractivity contribution in [3.8, 4) is 0 Å². The minimum absolute atomic E-state index is 0.0743. The summed E-state index contributed by atoms with van der Waals surface area (Å²) in [6.07, 6.45) is -0.224. The minimum atomic E-state index is -0.902. The fourth-order valence-corrected chi connectivity index (χ4v) is 5.46. The van der Waals surface area contributed by atoms with Gasteiger partial charge in [0.2, 0.25) is 0 Å². The van der Waals surface area contributed by atoms with Gasteiger partial charge in [-0.25, -0.2) is 14.4 Å². The molecule has 0 spiro atoms. The lowest BCUT2D eigenvalue weighted by Crippen LogP contribution is -2.52. The normalized spacial score (nSPS) is 17.7. The molecule has 1 heterocycles. The molecule has 1 saturated heterocycles. The van der Waals surface area contributed by atoms with E-state index in [1.165, 1.54) is 12.0 Å². The molecule has 2 amide bonds. The third kappa shape index (κ3) is 9.45. The second kappa shape index (κ2) is 14.7. The zero-order valence-electron chi connectivity index (χ0n) is 26.9. The highest BCUT2D eigenvalue weighted by Gasteiger charge is 2.49. The van der Waals surface area contributed by atoms with E-state index in [1.807, 2.05) is 109 Å². The Morgan fingerprint density at radius 2 is 1.63 bits per heavy atom. The first kappa shape index (κ1) is 33.9. The van der Waals surface area contributed by atoms with Crippen molar-refractivity contribution in [2.75, 3.05) is 20.3 Å². The summed E-state index contributed by atoms with van der Waals surface area (Å²) < 4.78 is 22.8. The van der Waals surface area contributed by atoms with Gasteiger partial charge in [0, 0.05) is 12.5 Å². The molecule has 0 radical (unpaired) electrons. The number of amides is 2. The number of methoxy groups -OCH3 is 1. The van der Waals surface area contributed by atoms with Crippen molar-refractivity contribution in [1.82, 2.24) is 9.80 Å². The van der Waals surface area contributed by atoms with Crippen molar-refractivity contribution in [3.05, 3.63) is 71.8 Å². The van der Waals surface area contributed by atoms with Crippen molar-refractivity contribution >= 4 is 18.2 Å². The van der Waals surface area contributed by atoms with Crippen LogP contribution in [0.15, 0.2) is 60.7 Å². The molecular formula is C34H48N2O7. The van der Waals surface area contributed by atoms with Crippen molar-refractivity contribution < 1.29 is 33.3 Å². The molecule has 0 unspecified atom stereocenters. The maximum absolute atomic E-state index is 13.6. The van der Waals surface area contributed by atoms with Gasteiger partial charge in [-0.2, -0.15) is 0 Å². The first-order chi connectivity index (χ1) is 20.2. The predicted octanol–water partition coefficient (Wildman–Crippen LogP) is 6.76. The van der Waals surface area contributed by atoms with Crippen LogP contribution in [0.4, 0.5) is 9.59 Å². The van der Waals surface area contributed by atoms with E-state index in [0.29, 0.717) is 12.8 Å². The van der Waals surface area contributed by atoms with E-state index >= 15 is 0 Å². The third-order valence-electron chi connectivity index (χ3n) is 7.47. The zero-order chi connectivity index (χ0) is 31.8. The second-order valence-electron chi connectivity index (χ2n) is 12.9. The van der Waals surface area contributed by atoms with Crippen LogP contribution in [0.3, 0.4) is 0 Å². The van der Waals surface area contributed by atoms with Gasteiger partial charge in [0.1, 0.15) is 24.0 Å². The van der Waals surface area contributed by atoms with E-state index in [2.05, 4.69) is 0 Å². The SMILES string of the molecule is COC(=O)[C@H](CC(C)C)N(CC[C@@H](c1ccccc1)[C@H]1COC(C)(C)N1C(=O)OC(C)(C)C)C(=O)OCc1ccccc1. The quantitative estimate of drug-likeness (QED) is 0.209. The topological polar surface area (TPSA) is 94.6 Å². The molecule has 0 aliphatic carbocycles. The second-order valence-corrected chi connectivity index (χ2v) is 12.9. The summed E-state index contributed by atoms with van der Waals surface area (Å²) in [6, 6.07) is 18.0. The predicted molar refractivity (Wildman–Crippen MR) is 164 cm³/mol. The van der Waals surface area contributed by atoms with Crippen molar-refractivity contribution in [2.24, 2.45) is 5.92 Å². The monoisotopic (exact) mass is 596 g/mol.